The van der Waals surface area contributed by atoms with Crippen molar-refractivity contribution in [2.45, 2.75) is 37.8 Å². The van der Waals surface area contributed by atoms with Gasteiger partial charge in [0.2, 0.25) is 10.0 Å². The predicted molar refractivity (Wildman–Crippen MR) is 128 cm³/mol. The number of rotatable bonds is 4. The van der Waals surface area contributed by atoms with Gasteiger partial charge in [0.05, 0.1) is 10.5 Å². The lowest BCUT2D eigenvalue weighted by Crippen LogP contribution is -2.49. The maximum absolute atomic E-state index is 13.3. The van der Waals surface area contributed by atoms with Gasteiger partial charge in [-0.25, -0.2) is 8.42 Å². The van der Waals surface area contributed by atoms with Crippen LogP contribution in [0.5, 0.6) is 0 Å². The van der Waals surface area contributed by atoms with Crippen molar-refractivity contribution in [2.75, 3.05) is 44.2 Å². The number of amides is 1. The summed E-state index contributed by atoms with van der Waals surface area (Å²) in [6.45, 7) is 6.25. The van der Waals surface area contributed by atoms with Crippen LogP contribution >= 0.6 is 0 Å². The number of piperidine rings is 1. The highest BCUT2D eigenvalue weighted by Crippen LogP contribution is 2.32. The Balaban J connectivity index is 1.47. The monoisotopic (exact) mass is 509 g/mol. The van der Waals surface area contributed by atoms with Crippen LogP contribution in [0.2, 0.25) is 0 Å². The van der Waals surface area contributed by atoms with E-state index in [-0.39, 0.29) is 10.8 Å². The number of benzene rings is 2. The van der Waals surface area contributed by atoms with E-state index in [1.807, 2.05) is 4.90 Å². The van der Waals surface area contributed by atoms with Gasteiger partial charge in [0.1, 0.15) is 0 Å². The highest BCUT2D eigenvalue weighted by Gasteiger charge is 2.32. The third-order valence-electron chi connectivity index (χ3n) is 6.93. The lowest BCUT2D eigenvalue weighted by Gasteiger charge is -2.36. The molecule has 35 heavy (non-hydrogen) atoms. The summed E-state index contributed by atoms with van der Waals surface area (Å²) < 4.78 is 67.0. The zero-order valence-corrected chi connectivity index (χ0v) is 20.7. The summed E-state index contributed by atoms with van der Waals surface area (Å²) >= 11 is 0. The van der Waals surface area contributed by atoms with Crippen LogP contribution in [0.25, 0.3) is 0 Å². The van der Waals surface area contributed by atoms with E-state index in [0.717, 1.165) is 25.0 Å². The van der Waals surface area contributed by atoms with Crippen molar-refractivity contribution in [3.05, 3.63) is 59.2 Å². The summed E-state index contributed by atoms with van der Waals surface area (Å²) in [5, 5.41) is 0. The molecule has 10 heteroatoms. The van der Waals surface area contributed by atoms with Gasteiger partial charge in [-0.2, -0.15) is 17.5 Å². The molecule has 2 fully saturated rings. The Morgan fingerprint density at radius 2 is 1.60 bits per heavy atom. The third kappa shape index (κ3) is 5.48. The Hall–Kier alpha value is -2.59. The molecule has 2 heterocycles. The number of halogens is 3. The second-order valence-corrected chi connectivity index (χ2v) is 11.3. The maximum Gasteiger partial charge on any atom is 0.416 e. The van der Waals surface area contributed by atoms with Gasteiger partial charge in [-0.1, -0.05) is 19.1 Å². The molecule has 0 N–H and O–H groups in total. The molecule has 0 bridgehead atoms. The van der Waals surface area contributed by atoms with E-state index in [9.17, 15) is 26.4 Å². The van der Waals surface area contributed by atoms with Gasteiger partial charge in [-0.3, -0.25) is 4.79 Å². The Morgan fingerprint density at radius 1 is 0.943 bits per heavy atom. The van der Waals surface area contributed by atoms with Crippen LogP contribution in [-0.2, 0) is 16.2 Å². The Morgan fingerprint density at radius 3 is 2.23 bits per heavy atom. The lowest BCUT2D eigenvalue weighted by molar-refractivity contribution is -0.137. The highest BCUT2D eigenvalue weighted by molar-refractivity contribution is 7.89. The second kappa shape index (κ2) is 9.81. The van der Waals surface area contributed by atoms with E-state index in [4.69, 9.17) is 0 Å². The maximum atomic E-state index is 13.3. The molecule has 2 aliphatic heterocycles. The van der Waals surface area contributed by atoms with E-state index in [2.05, 4.69) is 6.92 Å². The molecule has 190 valence electrons. The van der Waals surface area contributed by atoms with Crippen molar-refractivity contribution in [2.24, 2.45) is 5.92 Å². The van der Waals surface area contributed by atoms with Gasteiger partial charge in [0.15, 0.2) is 0 Å². The average Bonchev–Trinajstić information content (AvgIpc) is 2.84. The number of carbonyl (C=O) groups excluding carboxylic acids is 1. The fourth-order valence-corrected chi connectivity index (χ4v) is 6.08. The first-order chi connectivity index (χ1) is 16.5. The van der Waals surface area contributed by atoms with Crippen molar-refractivity contribution in [1.82, 2.24) is 9.21 Å². The number of hydrogen-bond donors (Lipinski definition) is 0. The third-order valence-corrected chi connectivity index (χ3v) is 8.82. The molecule has 2 aromatic carbocycles. The summed E-state index contributed by atoms with van der Waals surface area (Å²) in [5.74, 6) is 0.224. The summed E-state index contributed by atoms with van der Waals surface area (Å²) in [7, 11) is -3.69. The number of nitrogens with zero attached hydrogens (tertiary/aromatic N) is 3. The summed E-state index contributed by atoms with van der Waals surface area (Å²) in [6.07, 6.45) is -2.79. The number of anilines is 1. The summed E-state index contributed by atoms with van der Waals surface area (Å²) in [6, 6.07) is 9.84. The van der Waals surface area contributed by atoms with Crippen LogP contribution in [0.15, 0.2) is 47.4 Å². The van der Waals surface area contributed by atoms with Crippen LogP contribution < -0.4 is 4.90 Å². The molecular weight excluding hydrogens is 479 g/mol. The molecule has 0 atom stereocenters. The van der Waals surface area contributed by atoms with Crippen molar-refractivity contribution in [3.8, 4) is 0 Å². The quantitative estimate of drug-likeness (QED) is 0.613. The number of piperazine rings is 1. The Bertz CT molecular complexity index is 1180. The molecular formula is C25H30F3N3O3S. The van der Waals surface area contributed by atoms with Crippen LogP contribution in [0.4, 0.5) is 18.9 Å². The lowest BCUT2D eigenvalue weighted by atomic mass is 10.0. The number of carbonyl (C=O) groups is 1. The van der Waals surface area contributed by atoms with E-state index in [0.29, 0.717) is 62.0 Å². The number of hydrogen-bond acceptors (Lipinski definition) is 4. The fourth-order valence-electron chi connectivity index (χ4n) is 4.58. The van der Waals surface area contributed by atoms with Crippen LogP contribution in [-0.4, -0.2) is 62.8 Å². The van der Waals surface area contributed by atoms with Gasteiger partial charge < -0.3 is 9.80 Å². The fraction of sp³-hybridized carbons (Fsp3) is 0.480. The molecule has 0 aromatic heterocycles. The van der Waals surface area contributed by atoms with Crippen LogP contribution in [0.1, 0.15) is 41.3 Å². The summed E-state index contributed by atoms with van der Waals surface area (Å²) in [5.41, 5.74) is 0.780. The molecule has 0 aliphatic carbocycles. The number of aryl methyl sites for hydroxylation is 1. The molecule has 2 saturated heterocycles. The van der Waals surface area contributed by atoms with Gasteiger partial charge in [-0.05, 0) is 61.6 Å². The molecule has 0 spiro atoms. The molecule has 2 aliphatic rings. The van der Waals surface area contributed by atoms with Crippen molar-refractivity contribution in [1.29, 1.82) is 0 Å². The smallest absolute Gasteiger partial charge is 0.368 e. The predicted octanol–water partition coefficient (Wildman–Crippen LogP) is 4.40. The van der Waals surface area contributed by atoms with Crippen molar-refractivity contribution < 1.29 is 26.4 Å². The van der Waals surface area contributed by atoms with Crippen LogP contribution in [0.3, 0.4) is 0 Å². The molecule has 2 aromatic rings. The average molecular weight is 510 g/mol. The van der Waals surface area contributed by atoms with Crippen LogP contribution in [0, 0.1) is 12.8 Å². The van der Waals surface area contributed by atoms with Gasteiger partial charge in [0, 0.05) is 50.5 Å². The van der Waals surface area contributed by atoms with Crippen molar-refractivity contribution >= 4 is 21.6 Å². The van der Waals surface area contributed by atoms with Gasteiger partial charge >= 0.3 is 6.18 Å². The van der Waals surface area contributed by atoms with Crippen molar-refractivity contribution in [3.63, 3.8) is 0 Å². The molecule has 0 unspecified atom stereocenters. The van der Waals surface area contributed by atoms with E-state index < -0.39 is 21.8 Å². The standard InChI is InChI=1S/C25H30F3N3O3S/c1-18-8-10-31(11-9-18)35(33,34)22-7-6-19(2)23(17-22)24(32)30-14-12-29(13-15-30)21-5-3-4-20(16-21)25(26,27)28/h3-7,16-18H,8-15H2,1-2H3. The normalized spacial score (nSPS) is 18.7. The minimum atomic E-state index is -4.41. The number of alkyl halides is 3. The summed E-state index contributed by atoms with van der Waals surface area (Å²) in [4.78, 5) is 16.9. The first-order valence-electron chi connectivity index (χ1n) is 11.8. The zero-order valence-electron chi connectivity index (χ0n) is 19.9. The molecule has 0 radical (unpaired) electrons. The van der Waals surface area contributed by atoms with Gasteiger partial charge in [-0.15, -0.1) is 0 Å². The largest absolute Gasteiger partial charge is 0.416 e. The molecule has 0 saturated carbocycles. The van der Waals surface area contributed by atoms with E-state index in [1.54, 1.807) is 30.0 Å². The molecule has 4 rings (SSSR count). The minimum Gasteiger partial charge on any atom is -0.368 e. The van der Waals surface area contributed by atoms with Gasteiger partial charge in [0.25, 0.3) is 5.91 Å². The SMILES string of the molecule is Cc1ccc(S(=O)(=O)N2CCC(C)CC2)cc1C(=O)N1CCN(c2cccc(C(F)(F)F)c2)CC1. The topological polar surface area (TPSA) is 60.9 Å². The Kier molecular flexibility index (Phi) is 7.15. The first-order valence-corrected chi connectivity index (χ1v) is 13.2. The Labute approximate surface area is 204 Å². The molecule has 6 nitrogen and oxygen atoms in total. The first kappa shape index (κ1) is 25.5. The minimum absolute atomic E-state index is 0.114. The second-order valence-electron chi connectivity index (χ2n) is 9.39. The highest BCUT2D eigenvalue weighted by atomic mass is 32.2. The van der Waals surface area contributed by atoms with E-state index >= 15 is 0 Å². The van der Waals surface area contributed by atoms with E-state index in [1.165, 1.54) is 16.4 Å². The zero-order chi connectivity index (χ0) is 25.4. The molecule has 1 amide bonds. The number of sulfonamides is 1.